The van der Waals surface area contributed by atoms with Crippen molar-refractivity contribution >= 4 is 23.4 Å². The van der Waals surface area contributed by atoms with Gasteiger partial charge in [0.1, 0.15) is 17.6 Å². The van der Waals surface area contributed by atoms with Crippen molar-refractivity contribution in [3.63, 3.8) is 0 Å². The van der Waals surface area contributed by atoms with E-state index in [9.17, 15) is 18.4 Å². The Morgan fingerprint density at radius 3 is 2.67 bits per heavy atom. The summed E-state index contributed by atoms with van der Waals surface area (Å²) >= 11 is 6.01. The van der Waals surface area contributed by atoms with Crippen LogP contribution in [0.2, 0.25) is 5.02 Å². The summed E-state index contributed by atoms with van der Waals surface area (Å²) in [7, 11) is 0. The lowest BCUT2D eigenvalue weighted by molar-refractivity contribution is -0.144. The van der Waals surface area contributed by atoms with Crippen LogP contribution in [-0.2, 0) is 20.7 Å². The smallest absolute Gasteiger partial charge is 0.247 e. The Morgan fingerprint density at radius 1 is 1.27 bits per heavy atom. The number of hydrogen-bond donors (Lipinski definition) is 2. The molecule has 0 unspecified atom stereocenters. The van der Waals surface area contributed by atoms with E-state index in [1.165, 1.54) is 18.3 Å². The summed E-state index contributed by atoms with van der Waals surface area (Å²) in [5.41, 5.74) is 5.71. The number of carbonyl (C=O) groups is 2. The SMILES string of the molecule is Cc1nc(-c2c(F)cc(Cl)cc2-c2cnc(CCNC(=O)[C]3CO[C@H]3C(N)=O)c(F)c2)no1. The van der Waals surface area contributed by atoms with Crippen molar-refractivity contribution in [2.45, 2.75) is 19.4 Å². The lowest BCUT2D eigenvalue weighted by Crippen LogP contribution is -2.53. The van der Waals surface area contributed by atoms with Crippen molar-refractivity contribution in [1.29, 1.82) is 0 Å². The van der Waals surface area contributed by atoms with Gasteiger partial charge in [-0.05, 0) is 23.8 Å². The lowest BCUT2D eigenvalue weighted by Gasteiger charge is -2.32. The number of ether oxygens (including phenoxy) is 1. The first-order valence-corrected chi connectivity index (χ1v) is 10.1. The Morgan fingerprint density at radius 2 is 2.06 bits per heavy atom. The van der Waals surface area contributed by atoms with Crippen LogP contribution >= 0.6 is 11.6 Å². The van der Waals surface area contributed by atoms with Crippen LogP contribution in [0, 0.1) is 24.5 Å². The maximum Gasteiger partial charge on any atom is 0.247 e. The highest BCUT2D eigenvalue weighted by atomic mass is 35.5. The van der Waals surface area contributed by atoms with Crippen molar-refractivity contribution in [1.82, 2.24) is 20.4 Å². The fourth-order valence-corrected chi connectivity index (χ4v) is 3.53. The lowest BCUT2D eigenvalue weighted by atomic mass is 9.96. The first-order valence-electron chi connectivity index (χ1n) is 9.74. The van der Waals surface area contributed by atoms with E-state index >= 15 is 0 Å². The minimum Gasteiger partial charge on any atom is -0.367 e. The van der Waals surface area contributed by atoms with E-state index in [2.05, 4.69) is 20.4 Å². The van der Waals surface area contributed by atoms with Crippen LogP contribution in [0.1, 0.15) is 11.6 Å². The van der Waals surface area contributed by atoms with Crippen molar-refractivity contribution in [2.75, 3.05) is 13.2 Å². The summed E-state index contributed by atoms with van der Waals surface area (Å²) in [6.45, 7) is 1.64. The molecule has 1 atom stereocenters. The number of carbonyl (C=O) groups excluding carboxylic acids is 2. The van der Waals surface area contributed by atoms with E-state index in [0.29, 0.717) is 0 Å². The maximum absolute atomic E-state index is 14.8. The number of hydrogen-bond acceptors (Lipinski definition) is 7. The second-order valence-corrected chi connectivity index (χ2v) is 7.66. The largest absolute Gasteiger partial charge is 0.367 e. The molecule has 2 amide bonds. The molecule has 1 aliphatic heterocycles. The molecule has 9 nitrogen and oxygen atoms in total. The van der Waals surface area contributed by atoms with Crippen molar-refractivity contribution in [3.8, 4) is 22.5 Å². The molecule has 0 spiro atoms. The predicted octanol–water partition coefficient (Wildman–Crippen LogP) is 2.16. The third kappa shape index (κ3) is 4.69. The maximum atomic E-state index is 14.8. The molecule has 1 aliphatic rings. The summed E-state index contributed by atoms with van der Waals surface area (Å²) < 4.78 is 39.3. The molecule has 1 fully saturated rings. The highest BCUT2D eigenvalue weighted by Crippen LogP contribution is 2.35. The van der Waals surface area contributed by atoms with Crippen molar-refractivity contribution in [3.05, 3.63) is 58.6 Å². The molecule has 3 N–H and O–H groups in total. The normalized spacial score (nSPS) is 15.8. The van der Waals surface area contributed by atoms with Gasteiger partial charge in [0, 0.05) is 36.7 Å². The standard InChI is InChI=1S/C21H17ClF2N5O4/c1-9-28-20(29-33-9)17-12(5-11(22)6-15(17)24)10-4-14(23)16(27-7-10)2-3-26-21(31)13-8-32-18(13)19(25)30/h4-7,18H,2-3,8H2,1H3,(H2,25,30)(H,26,31)/t18-/m1/s1. The number of halogens is 3. The average Bonchev–Trinajstić information content (AvgIpc) is 3.13. The quantitative estimate of drug-likeness (QED) is 0.533. The van der Waals surface area contributed by atoms with Gasteiger partial charge < -0.3 is 20.3 Å². The Balaban J connectivity index is 1.50. The van der Waals surface area contributed by atoms with Gasteiger partial charge in [-0.15, -0.1) is 0 Å². The van der Waals surface area contributed by atoms with Crippen LogP contribution in [0.15, 0.2) is 28.9 Å². The monoisotopic (exact) mass is 476 g/mol. The zero-order valence-corrected chi connectivity index (χ0v) is 17.9. The Kier molecular flexibility index (Phi) is 6.34. The first kappa shape index (κ1) is 22.7. The van der Waals surface area contributed by atoms with Crippen molar-refractivity contribution in [2.24, 2.45) is 5.73 Å². The number of primary amides is 1. The molecule has 4 rings (SSSR count). The molecule has 1 saturated heterocycles. The number of nitrogens with two attached hydrogens (primary N) is 1. The average molecular weight is 477 g/mol. The molecule has 0 saturated carbocycles. The van der Waals surface area contributed by atoms with Crippen LogP contribution in [0.4, 0.5) is 8.78 Å². The highest BCUT2D eigenvalue weighted by Gasteiger charge is 2.42. The van der Waals surface area contributed by atoms with Crippen LogP contribution in [0.3, 0.4) is 0 Å². The van der Waals surface area contributed by atoms with Crippen molar-refractivity contribution < 1.29 is 27.6 Å². The zero-order valence-electron chi connectivity index (χ0n) is 17.2. The van der Waals surface area contributed by atoms with Gasteiger partial charge in [-0.3, -0.25) is 14.6 Å². The van der Waals surface area contributed by atoms with Gasteiger partial charge >= 0.3 is 0 Å². The number of aromatic nitrogens is 3. The van der Waals surface area contributed by atoms with Crippen LogP contribution in [0.25, 0.3) is 22.5 Å². The second-order valence-electron chi connectivity index (χ2n) is 7.22. The third-order valence-corrected chi connectivity index (χ3v) is 5.17. The van der Waals surface area contributed by atoms with Crippen LogP contribution in [0.5, 0.6) is 0 Å². The van der Waals surface area contributed by atoms with Gasteiger partial charge in [-0.1, -0.05) is 16.8 Å². The molecule has 0 bridgehead atoms. The summed E-state index contributed by atoms with van der Waals surface area (Å²) in [5, 5.41) is 6.42. The van der Waals surface area contributed by atoms with Gasteiger partial charge in [0.2, 0.25) is 23.5 Å². The van der Waals surface area contributed by atoms with Crippen LogP contribution in [-0.4, -0.2) is 46.2 Å². The minimum absolute atomic E-state index is 0.00112. The molecular formula is C21H17ClF2N5O4. The minimum atomic E-state index is -1.03. The van der Waals surface area contributed by atoms with Gasteiger partial charge in [0.05, 0.1) is 17.9 Å². The zero-order chi connectivity index (χ0) is 23.7. The summed E-state index contributed by atoms with van der Waals surface area (Å²) in [6, 6.07) is 3.74. The molecule has 3 heterocycles. The molecule has 2 aromatic heterocycles. The van der Waals surface area contributed by atoms with Crippen LogP contribution < -0.4 is 11.1 Å². The molecular weight excluding hydrogens is 460 g/mol. The van der Waals surface area contributed by atoms with E-state index in [1.54, 1.807) is 6.92 Å². The molecule has 33 heavy (non-hydrogen) atoms. The number of amides is 2. The molecule has 171 valence electrons. The topological polar surface area (TPSA) is 133 Å². The molecule has 12 heteroatoms. The van der Waals surface area contributed by atoms with Gasteiger partial charge in [-0.2, -0.15) is 4.98 Å². The second kappa shape index (κ2) is 9.20. The van der Waals surface area contributed by atoms with E-state index in [-0.39, 0.29) is 64.6 Å². The van der Waals surface area contributed by atoms with E-state index < -0.39 is 29.6 Å². The van der Waals surface area contributed by atoms with Gasteiger partial charge in [-0.25, -0.2) is 8.78 Å². The molecule has 1 radical (unpaired) electrons. The number of nitrogens with one attached hydrogen (secondary N) is 1. The number of rotatable bonds is 7. The Bertz CT molecular complexity index is 1240. The number of benzene rings is 1. The molecule has 0 aliphatic carbocycles. The Labute approximate surface area is 191 Å². The Hall–Kier alpha value is -3.44. The molecule has 3 aromatic rings. The van der Waals surface area contributed by atoms with E-state index in [4.69, 9.17) is 26.6 Å². The van der Waals surface area contributed by atoms with E-state index in [0.717, 1.165) is 6.07 Å². The first-order chi connectivity index (χ1) is 15.7. The van der Waals surface area contributed by atoms with E-state index in [1.807, 2.05) is 0 Å². The number of nitrogens with zero attached hydrogens (tertiary/aromatic N) is 3. The highest BCUT2D eigenvalue weighted by molar-refractivity contribution is 6.31. The third-order valence-electron chi connectivity index (χ3n) is 4.95. The number of pyridine rings is 1. The summed E-state index contributed by atoms with van der Waals surface area (Å²) in [6.07, 6.45) is 0.405. The fraction of sp³-hybridized carbons (Fsp3) is 0.238. The summed E-state index contributed by atoms with van der Waals surface area (Å²) in [5.74, 6) is -2.14. The van der Waals surface area contributed by atoms with Gasteiger partial charge in [0.25, 0.3) is 0 Å². The predicted molar refractivity (Wildman–Crippen MR) is 112 cm³/mol. The number of aryl methyl sites for hydroxylation is 1. The summed E-state index contributed by atoms with van der Waals surface area (Å²) in [4.78, 5) is 31.4. The van der Waals surface area contributed by atoms with Gasteiger partial charge in [0.15, 0.2) is 6.10 Å². The molecule has 1 aromatic carbocycles. The fourth-order valence-electron chi connectivity index (χ4n) is 3.32.